The van der Waals surface area contributed by atoms with Gasteiger partial charge in [-0.1, -0.05) is 29.3 Å². The number of carbonyl (C=O) groups excluding carboxylic acids is 1. The fourth-order valence-electron chi connectivity index (χ4n) is 3.06. The molecule has 0 atom stereocenters. The minimum Gasteiger partial charge on any atom is -0.550 e. The SMILES string of the molecule is Cc1c(CCC(=O)[O-])c(=O)oc2c(C)c(OCc3c(Cl)cccc3Cl)ccc12. The van der Waals surface area contributed by atoms with Crippen LogP contribution in [0.4, 0.5) is 0 Å². The molecule has 0 N–H and O–H groups in total. The Hall–Kier alpha value is -2.50. The van der Waals surface area contributed by atoms with Crippen LogP contribution in [-0.4, -0.2) is 5.97 Å². The Kier molecular flexibility index (Phi) is 5.96. The molecule has 0 unspecified atom stereocenters. The minimum absolute atomic E-state index is 0.0642. The quantitative estimate of drug-likeness (QED) is 0.564. The lowest BCUT2D eigenvalue weighted by Crippen LogP contribution is -2.24. The van der Waals surface area contributed by atoms with E-state index in [4.69, 9.17) is 32.4 Å². The fraction of sp³-hybridized carbons (Fsp3) is 0.238. The normalized spacial score (nSPS) is 11.0. The standard InChI is InChI=1S/C21H18Cl2O5/c1-11-13-6-8-18(27-10-15-16(22)4-3-5-17(15)23)12(2)20(13)28-21(26)14(11)7-9-19(24)25/h3-6,8H,7,9-10H2,1-2H3,(H,24,25)/p-1. The van der Waals surface area contributed by atoms with Gasteiger partial charge in [-0.25, -0.2) is 4.79 Å². The van der Waals surface area contributed by atoms with Crippen molar-refractivity contribution in [3.05, 3.63) is 73.1 Å². The third-order valence-corrected chi connectivity index (χ3v) is 5.38. The lowest BCUT2D eigenvalue weighted by atomic mass is 10.0. The molecule has 0 aliphatic carbocycles. The molecule has 3 aromatic rings. The summed E-state index contributed by atoms with van der Waals surface area (Å²) in [5, 5.41) is 12.5. The van der Waals surface area contributed by atoms with Gasteiger partial charge in [0.15, 0.2) is 0 Å². The molecule has 146 valence electrons. The molecule has 3 rings (SSSR count). The molecule has 0 spiro atoms. The molecule has 0 saturated heterocycles. The number of hydrogen-bond donors (Lipinski definition) is 0. The molecule has 0 bridgehead atoms. The van der Waals surface area contributed by atoms with Gasteiger partial charge in [0.25, 0.3) is 0 Å². The van der Waals surface area contributed by atoms with Crippen molar-refractivity contribution in [2.45, 2.75) is 33.3 Å². The van der Waals surface area contributed by atoms with Gasteiger partial charge >= 0.3 is 5.63 Å². The smallest absolute Gasteiger partial charge is 0.339 e. The molecular formula is C21H17Cl2O5-. The highest BCUT2D eigenvalue weighted by Crippen LogP contribution is 2.31. The van der Waals surface area contributed by atoms with Crippen molar-refractivity contribution in [2.24, 2.45) is 0 Å². The van der Waals surface area contributed by atoms with Crippen LogP contribution in [0, 0.1) is 13.8 Å². The highest BCUT2D eigenvalue weighted by atomic mass is 35.5. The Balaban J connectivity index is 1.96. The molecule has 1 aromatic heterocycles. The molecule has 0 radical (unpaired) electrons. The number of carboxylic acid groups (broad SMARTS) is 1. The van der Waals surface area contributed by atoms with Crippen molar-refractivity contribution in [1.82, 2.24) is 0 Å². The zero-order chi connectivity index (χ0) is 20.4. The van der Waals surface area contributed by atoms with Gasteiger partial charge in [-0.15, -0.1) is 0 Å². The second-order valence-corrected chi connectivity index (χ2v) is 7.23. The highest BCUT2D eigenvalue weighted by Gasteiger charge is 2.16. The van der Waals surface area contributed by atoms with Crippen LogP contribution in [0.3, 0.4) is 0 Å². The van der Waals surface area contributed by atoms with Crippen molar-refractivity contribution in [3.8, 4) is 5.75 Å². The number of hydrogen-bond acceptors (Lipinski definition) is 5. The van der Waals surface area contributed by atoms with Crippen LogP contribution in [0.2, 0.25) is 10.0 Å². The van der Waals surface area contributed by atoms with E-state index in [-0.39, 0.29) is 19.4 Å². The molecule has 5 nitrogen and oxygen atoms in total. The maximum Gasteiger partial charge on any atom is 0.339 e. The second-order valence-electron chi connectivity index (χ2n) is 6.42. The van der Waals surface area contributed by atoms with Gasteiger partial charge < -0.3 is 19.1 Å². The van der Waals surface area contributed by atoms with E-state index in [1.807, 2.05) is 0 Å². The van der Waals surface area contributed by atoms with Gasteiger partial charge in [0.05, 0.1) is 0 Å². The summed E-state index contributed by atoms with van der Waals surface area (Å²) in [7, 11) is 0. The number of aliphatic carboxylic acids is 1. The van der Waals surface area contributed by atoms with E-state index < -0.39 is 11.6 Å². The van der Waals surface area contributed by atoms with Crippen LogP contribution in [0.25, 0.3) is 11.0 Å². The predicted octanol–water partition coefficient (Wildman–Crippen LogP) is 3.98. The first-order valence-corrected chi connectivity index (χ1v) is 9.36. The molecule has 0 amide bonds. The predicted molar refractivity (Wildman–Crippen MR) is 106 cm³/mol. The van der Waals surface area contributed by atoms with Crippen LogP contribution < -0.4 is 15.5 Å². The maximum atomic E-state index is 12.3. The summed E-state index contributed by atoms with van der Waals surface area (Å²) in [6.45, 7) is 3.72. The number of rotatable bonds is 6. The molecule has 2 aromatic carbocycles. The zero-order valence-electron chi connectivity index (χ0n) is 15.3. The number of ether oxygens (including phenoxy) is 1. The molecule has 0 aliphatic rings. The average molecular weight is 420 g/mol. The van der Waals surface area contributed by atoms with E-state index in [1.54, 1.807) is 44.2 Å². The van der Waals surface area contributed by atoms with Gasteiger partial charge in [-0.3, -0.25) is 0 Å². The summed E-state index contributed by atoms with van der Waals surface area (Å²) in [6.07, 6.45) is -0.176. The van der Waals surface area contributed by atoms with E-state index in [2.05, 4.69) is 0 Å². The van der Waals surface area contributed by atoms with E-state index in [0.29, 0.717) is 43.6 Å². The molecule has 0 saturated carbocycles. The van der Waals surface area contributed by atoms with Crippen molar-refractivity contribution >= 4 is 40.1 Å². The van der Waals surface area contributed by atoms with Crippen LogP contribution in [0.1, 0.15) is 28.7 Å². The minimum atomic E-state index is -1.21. The maximum absolute atomic E-state index is 12.3. The summed E-state index contributed by atoms with van der Waals surface area (Å²) in [5.74, 6) is -0.675. The van der Waals surface area contributed by atoms with Gasteiger partial charge in [0.1, 0.15) is 17.9 Å². The van der Waals surface area contributed by atoms with Crippen LogP contribution in [0.5, 0.6) is 5.75 Å². The first kappa shape index (κ1) is 20.2. The van der Waals surface area contributed by atoms with E-state index >= 15 is 0 Å². The third kappa shape index (κ3) is 4.01. The van der Waals surface area contributed by atoms with E-state index in [0.717, 1.165) is 5.39 Å². The molecule has 28 heavy (non-hydrogen) atoms. The van der Waals surface area contributed by atoms with Gasteiger partial charge in [-0.05, 0) is 56.5 Å². The Morgan fingerprint density at radius 2 is 1.75 bits per heavy atom. The molecule has 7 heteroatoms. The lowest BCUT2D eigenvalue weighted by molar-refractivity contribution is -0.305. The third-order valence-electron chi connectivity index (χ3n) is 4.67. The van der Waals surface area contributed by atoms with Crippen molar-refractivity contribution < 1.29 is 19.1 Å². The Morgan fingerprint density at radius 3 is 2.39 bits per heavy atom. The van der Waals surface area contributed by atoms with Gasteiger partial charge in [-0.2, -0.15) is 0 Å². The largest absolute Gasteiger partial charge is 0.550 e. The number of carboxylic acids is 1. The van der Waals surface area contributed by atoms with E-state index in [1.165, 1.54) is 0 Å². The molecular weight excluding hydrogens is 403 g/mol. The van der Waals surface area contributed by atoms with Crippen molar-refractivity contribution in [2.75, 3.05) is 0 Å². The number of carbonyl (C=O) groups is 1. The van der Waals surface area contributed by atoms with Crippen LogP contribution in [-0.2, 0) is 17.8 Å². The van der Waals surface area contributed by atoms with Crippen LogP contribution in [0.15, 0.2) is 39.5 Å². The van der Waals surface area contributed by atoms with Crippen molar-refractivity contribution in [3.63, 3.8) is 0 Å². The van der Waals surface area contributed by atoms with Gasteiger partial charge in [0.2, 0.25) is 0 Å². The van der Waals surface area contributed by atoms with Gasteiger partial charge in [0, 0.05) is 38.1 Å². The summed E-state index contributed by atoms with van der Waals surface area (Å²) in [5.41, 5.74) is 2.21. The number of fused-ring (bicyclic) bond motifs is 1. The Morgan fingerprint density at radius 1 is 1.07 bits per heavy atom. The summed E-state index contributed by atoms with van der Waals surface area (Å²) in [6, 6.07) is 8.78. The summed E-state index contributed by atoms with van der Waals surface area (Å²) < 4.78 is 11.3. The zero-order valence-corrected chi connectivity index (χ0v) is 16.8. The monoisotopic (exact) mass is 419 g/mol. The summed E-state index contributed by atoms with van der Waals surface area (Å²) in [4.78, 5) is 23.1. The first-order valence-electron chi connectivity index (χ1n) is 8.61. The average Bonchev–Trinajstić information content (AvgIpc) is 2.63. The number of aryl methyl sites for hydroxylation is 2. The second kappa shape index (κ2) is 8.25. The summed E-state index contributed by atoms with van der Waals surface area (Å²) >= 11 is 12.3. The Labute approximate surface area is 171 Å². The topological polar surface area (TPSA) is 79.6 Å². The molecule has 0 fully saturated rings. The number of benzene rings is 2. The van der Waals surface area contributed by atoms with Crippen molar-refractivity contribution in [1.29, 1.82) is 0 Å². The Bertz CT molecular complexity index is 1100. The lowest BCUT2D eigenvalue weighted by Gasteiger charge is -2.14. The first-order chi connectivity index (χ1) is 13.3. The van der Waals surface area contributed by atoms with Crippen LogP contribution >= 0.6 is 23.2 Å². The molecule has 1 heterocycles. The highest BCUT2D eigenvalue weighted by molar-refractivity contribution is 6.35. The molecule has 0 aliphatic heterocycles. The number of halogens is 2. The fourth-order valence-corrected chi connectivity index (χ4v) is 3.57. The van der Waals surface area contributed by atoms with E-state index in [9.17, 15) is 14.7 Å².